The maximum atomic E-state index is 13.5. The first-order valence-electron chi connectivity index (χ1n) is 6.43. The Balaban J connectivity index is 1.92. The first-order chi connectivity index (χ1) is 9.97. The second-order valence-corrected chi connectivity index (χ2v) is 5.78. The quantitative estimate of drug-likeness (QED) is 0.918. The molecule has 2 aromatic rings. The van der Waals surface area contributed by atoms with Crippen LogP contribution in [-0.2, 0) is 13.1 Å². The van der Waals surface area contributed by atoms with E-state index in [-0.39, 0.29) is 18.1 Å². The van der Waals surface area contributed by atoms with Crippen LogP contribution in [0.4, 0.5) is 13.6 Å². The number of thiophene rings is 1. The Kier molecular flexibility index (Phi) is 4.90. The largest absolute Gasteiger partial charge is 0.333 e. The van der Waals surface area contributed by atoms with Gasteiger partial charge >= 0.3 is 6.03 Å². The molecule has 0 unspecified atom stereocenters. The molecular formula is C15H16F2N2OS. The zero-order chi connectivity index (χ0) is 15.4. The van der Waals surface area contributed by atoms with Crippen molar-refractivity contribution in [2.24, 2.45) is 0 Å². The molecule has 0 atom stereocenters. The van der Waals surface area contributed by atoms with Crippen LogP contribution in [0.5, 0.6) is 0 Å². The maximum Gasteiger partial charge on any atom is 0.317 e. The highest BCUT2D eigenvalue weighted by atomic mass is 32.1. The summed E-state index contributed by atoms with van der Waals surface area (Å²) in [5.41, 5.74) is 1.41. The molecule has 3 nitrogen and oxygen atoms in total. The van der Waals surface area contributed by atoms with Gasteiger partial charge in [-0.2, -0.15) is 0 Å². The third-order valence-corrected chi connectivity index (χ3v) is 4.16. The van der Waals surface area contributed by atoms with Crippen molar-refractivity contribution >= 4 is 17.4 Å². The van der Waals surface area contributed by atoms with E-state index in [0.29, 0.717) is 6.54 Å². The summed E-state index contributed by atoms with van der Waals surface area (Å²) in [5.74, 6) is -1.28. The summed E-state index contributed by atoms with van der Waals surface area (Å²) in [5, 5.41) is 4.74. The van der Waals surface area contributed by atoms with Crippen molar-refractivity contribution in [2.75, 3.05) is 7.05 Å². The van der Waals surface area contributed by atoms with Crippen LogP contribution in [0.1, 0.15) is 16.0 Å². The van der Waals surface area contributed by atoms with Gasteiger partial charge in [-0.1, -0.05) is 6.07 Å². The average molecular weight is 310 g/mol. The fourth-order valence-electron chi connectivity index (χ4n) is 1.85. The second-order valence-electron chi connectivity index (χ2n) is 4.78. The van der Waals surface area contributed by atoms with Crippen LogP contribution in [0.15, 0.2) is 29.6 Å². The van der Waals surface area contributed by atoms with Gasteiger partial charge in [0, 0.05) is 30.1 Å². The third kappa shape index (κ3) is 4.01. The van der Waals surface area contributed by atoms with Crippen molar-refractivity contribution in [2.45, 2.75) is 20.0 Å². The van der Waals surface area contributed by atoms with E-state index in [0.717, 1.165) is 16.5 Å². The van der Waals surface area contributed by atoms with Crippen LogP contribution in [0.25, 0.3) is 0 Å². The van der Waals surface area contributed by atoms with Gasteiger partial charge in [0.25, 0.3) is 0 Å². The molecule has 0 fully saturated rings. The Bertz CT molecular complexity index is 642. The molecule has 1 heterocycles. The molecule has 112 valence electrons. The van der Waals surface area contributed by atoms with Crippen molar-refractivity contribution in [3.63, 3.8) is 0 Å². The Morgan fingerprint density at radius 3 is 2.71 bits per heavy atom. The van der Waals surface area contributed by atoms with Crippen LogP contribution in [-0.4, -0.2) is 18.0 Å². The van der Waals surface area contributed by atoms with Gasteiger partial charge < -0.3 is 10.2 Å². The minimum absolute atomic E-state index is 0.0847. The monoisotopic (exact) mass is 310 g/mol. The van der Waals surface area contributed by atoms with E-state index in [9.17, 15) is 13.6 Å². The van der Waals surface area contributed by atoms with Crippen LogP contribution in [0.3, 0.4) is 0 Å². The predicted octanol–water partition coefficient (Wildman–Crippen LogP) is 3.68. The highest BCUT2D eigenvalue weighted by Gasteiger charge is 2.12. The van der Waals surface area contributed by atoms with Crippen molar-refractivity contribution in [1.82, 2.24) is 10.2 Å². The van der Waals surface area contributed by atoms with Gasteiger partial charge in [-0.05, 0) is 30.0 Å². The molecule has 0 saturated heterocycles. The van der Waals surface area contributed by atoms with E-state index in [1.54, 1.807) is 18.4 Å². The third-order valence-electron chi connectivity index (χ3n) is 3.14. The fourth-order valence-corrected chi connectivity index (χ4v) is 2.70. The number of amides is 2. The van der Waals surface area contributed by atoms with Crippen molar-refractivity contribution < 1.29 is 13.6 Å². The van der Waals surface area contributed by atoms with E-state index in [1.807, 2.05) is 18.4 Å². The molecule has 1 N–H and O–H groups in total. The van der Waals surface area contributed by atoms with Gasteiger partial charge in [-0.3, -0.25) is 0 Å². The van der Waals surface area contributed by atoms with Gasteiger partial charge in [-0.25, -0.2) is 13.6 Å². The minimum Gasteiger partial charge on any atom is -0.333 e. The van der Waals surface area contributed by atoms with E-state index >= 15 is 0 Å². The van der Waals surface area contributed by atoms with Crippen molar-refractivity contribution in [1.29, 1.82) is 0 Å². The molecule has 2 rings (SSSR count). The Morgan fingerprint density at radius 1 is 1.33 bits per heavy atom. The van der Waals surface area contributed by atoms with Crippen LogP contribution >= 0.6 is 11.3 Å². The van der Waals surface area contributed by atoms with Gasteiger partial charge in [0.05, 0.1) is 6.54 Å². The molecule has 0 aliphatic rings. The lowest BCUT2D eigenvalue weighted by Gasteiger charge is -2.18. The van der Waals surface area contributed by atoms with E-state index in [1.165, 1.54) is 17.0 Å². The van der Waals surface area contributed by atoms with E-state index < -0.39 is 11.6 Å². The summed E-state index contributed by atoms with van der Waals surface area (Å²) < 4.78 is 26.4. The number of halogens is 2. The summed E-state index contributed by atoms with van der Waals surface area (Å²) >= 11 is 1.58. The van der Waals surface area contributed by atoms with Crippen LogP contribution in [0.2, 0.25) is 0 Å². The Hall–Kier alpha value is -1.95. The topological polar surface area (TPSA) is 32.3 Å². The molecule has 1 aromatic heterocycles. The first-order valence-corrected chi connectivity index (χ1v) is 7.31. The predicted molar refractivity (Wildman–Crippen MR) is 79.1 cm³/mol. The Labute approximate surface area is 126 Å². The fraction of sp³-hybridized carbons (Fsp3) is 0.267. The normalized spacial score (nSPS) is 10.5. The number of nitrogens with one attached hydrogen (secondary N) is 1. The lowest BCUT2D eigenvalue weighted by Crippen LogP contribution is -2.36. The van der Waals surface area contributed by atoms with Crippen LogP contribution < -0.4 is 5.32 Å². The number of benzene rings is 1. The lowest BCUT2D eigenvalue weighted by atomic mass is 10.2. The smallest absolute Gasteiger partial charge is 0.317 e. The lowest BCUT2D eigenvalue weighted by molar-refractivity contribution is 0.206. The minimum atomic E-state index is -0.649. The molecule has 2 amide bonds. The second kappa shape index (κ2) is 6.67. The number of carbonyl (C=O) groups is 1. The molecule has 6 heteroatoms. The zero-order valence-corrected chi connectivity index (χ0v) is 12.6. The highest BCUT2D eigenvalue weighted by Crippen LogP contribution is 2.15. The van der Waals surface area contributed by atoms with Gasteiger partial charge in [0.2, 0.25) is 0 Å². The van der Waals surface area contributed by atoms with Crippen LogP contribution in [0, 0.1) is 18.6 Å². The summed E-state index contributed by atoms with van der Waals surface area (Å²) in [6, 6.07) is 5.03. The number of urea groups is 1. The summed E-state index contributed by atoms with van der Waals surface area (Å²) in [6.45, 7) is 2.51. The number of nitrogens with zero attached hydrogens (tertiary/aromatic N) is 1. The molecule has 0 spiro atoms. The van der Waals surface area contributed by atoms with Crippen molar-refractivity contribution in [3.8, 4) is 0 Å². The molecule has 21 heavy (non-hydrogen) atoms. The van der Waals surface area contributed by atoms with Crippen molar-refractivity contribution in [3.05, 3.63) is 57.3 Å². The highest BCUT2D eigenvalue weighted by molar-refractivity contribution is 7.10. The number of hydrogen-bond donors (Lipinski definition) is 1. The summed E-state index contributed by atoms with van der Waals surface area (Å²) in [6.07, 6.45) is 0. The Morgan fingerprint density at radius 2 is 2.10 bits per heavy atom. The standard InChI is InChI=1S/C15H16F2N2OS/c1-10-5-6-21-14(10)8-18-15(20)19(2)9-11-3-4-12(16)7-13(11)17/h3-7H,8-9H2,1-2H3,(H,18,20). The average Bonchev–Trinajstić information content (AvgIpc) is 2.84. The molecule has 0 aliphatic heterocycles. The summed E-state index contributed by atoms with van der Waals surface area (Å²) in [7, 11) is 1.57. The van der Waals surface area contributed by atoms with Gasteiger partial charge in [0.1, 0.15) is 11.6 Å². The molecule has 0 aliphatic carbocycles. The molecule has 0 saturated carbocycles. The number of hydrogen-bond acceptors (Lipinski definition) is 2. The zero-order valence-electron chi connectivity index (χ0n) is 11.8. The van der Waals surface area contributed by atoms with Gasteiger partial charge in [-0.15, -0.1) is 11.3 Å². The number of rotatable bonds is 4. The SMILES string of the molecule is Cc1ccsc1CNC(=O)N(C)Cc1ccc(F)cc1F. The molecule has 1 aromatic carbocycles. The summed E-state index contributed by atoms with van der Waals surface area (Å²) in [4.78, 5) is 14.4. The number of carbonyl (C=O) groups excluding carboxylic acids is 1. The van der Waals surface area contributed by atoms with E-state index in [2.05, 4.69) is 5.32 Å². The first kappa shape index (κ1) is 15.4. The van der Waals surface area contributed by atoms with Gasteiger partial charge in [0.15, 0.2) is 0 Å². The molecule has 0 bridgehead atoms. The molecule has 0 radical (unpaired) electrons. The maximum absolute atomic E-state index is 13.5. The number of aryl methyl sites for hydroxylation is 1. The van der Waals surface area contributed by atoms with E-state index in [4.69, 9.17) is 0 Å². The molecular weight excluding hydrogens is 294 g/mol.